The number of ether oxygens (including phenoxy) is 1. The Bertz CT molecular complexity index is 1010. The van der Waals surface area contributed by atoms with E-state index in [9.17, 15) is 18.0 Å². The summed E-state index contributed by atoms with van der Waals surface area (Å²) < 4.78 is 46.6. The molecule has 0 fully saturated rings. The fourth-order valence-electron chi connectivity index (χ4n) is 3.23. The monoisotopic (exact) mass is 446 g/mol. The van der Waals surface area contributed by atoms with Crippen LogP contribution in [0.1, 0.15) is 24.5 Å². The van der Waals surface area contributed by atoms with Gasteiger partial charge < -0.3 is 19.5 Å². The summed E-state index contributed by atoms with van der Waals surface area (Å²) in [5, 5.41) is 2.60. The second kappa shape index (κ2) is 10.7. The number of carbonyl (C=O) groups is 1. The highest BCUT2D eigenvalue weighted by Crippen LogP contribution is 2.30. The Morgan fingerprint density at radius 1 is 1.19 bits per heavy atom. The van der Waals surface area contributed by atoms with Crippen molar-refractivity contribution in [2.24, 2.45) is 0 Å². The van der Waals surface area contributed by atoms with Crippen molar-refractivity contribution in [3.8, 4) is 5.75 Å². The van der Waals surface area contributed by atoms with E-state index in [-0.39, 0.29) is 12.2 Å². The number of imidazole rings is 1. The van der Waals surface area contributed by atoms with Crippen LogP contribution in [0.4, 0.5) is 23.7 Å². The number of aryl methyl sites for hydroxylation is 1. The molecule has 0 aliphatic heterocycles. The van der Waals surface area contributed by atoms with Crippen LogP contribution in [-0.2, 0) is 19.3 Å². The number of urea groups is 1. The van der Waals surface area contributed by atoms with E-state index >= 15 is 0 Å². The highest BCUT2D eigenvalue weighted by atomic mass is 19.4. The summed E-state index contributed by atoms with van der Waals surface area (Å²) in [7, 11) is 0. The number of aromatic nitrogens is 2. The number of nitrogens with one attached hydrogen (secondary N) is 1. The molecule has 1 aromatic heterocycles. The van der Waals surface area contributed by atoms with Crippen molar-refractivity contribution < 1.29 is 22.7 Å². The second-order valence-corrected chi connectivity index (χ2v) is 7.13. The molecule has 0 saturated heterocycles. The largest absolute Gasteiger partial charge is 0.494 e. The summed E-state index contributed by atoms with van der Waals surface area (Å²) in [6, 6.07) is 11.5. The van der Waals surface area contributed by atoms with Gasteiger partial charge >= 0.3 is 12.2 Å². The summed E-state index contributed by atoms with van der Waals surface area (Å²) >= 11 is 0. The topological polar surface area (TPSA) is 59.4 Å². The number of hydrogen-bond acceptors (Lipinski definition) is 3. The van der Waals surface area contributed by atoms with Crippen LogP contribution in [0.3, 0.4) is 0 Å². The van der Waals surface area contributed by atoms with Crippen molar-refractivity contribution >= 4 is 11.7 Å². The molecule has 2 amide bonds. The van der Waals surface area contributed by atoms with Crippen molar-refractivity contribution in [3.05, 3.63) is 78.4 Å². The summed E-state index contributed by atoms with van der Waals surface area (Å²) in [6.07, 6.45) is 1.36. The third kappa shape index (κ3) is 6.50. The van der Waals surface area contributed by atoms with Gasteiger partial charge in [0.2, 0.25) is 0 Å². The molecule has 6 nitrogen and oxygen atoms in total. The lowest BCUT2D eigenvalue weighted by molar-refractivity contribution is -0.137. The molecular formula is C23H25F3N4O2. The zero-order valence-corrected chi connectivity index (χ0v) is 17.7. The molecular weight excluding hydrogens is 421 g/mol. The molecule has 1 heterocycles. The van der Waals surface area contributed by atoms with Crippen LogP contribution < -0.4 is 10.1 Å². The molecule has 1 N–H and O–H groups in total. The van der Waals surface area contributed by atoms with E-state index in [1.165, 1.54) is 12.1 Å². The molecule has 9 heteroatoms. The normalized spacial score (nSPS) is 11.2. The average Bonchev–Trinajstić information content (AvgIpc) is 3.27. The highest BCUT2D eigenvalue weighted by molar-refractivity contribution is 5.89. The van der Waals surface area contributed by atoms with E-state index in [2.05, 4.69) is 10.3 Å². The molecule has 170 valence electrons. The molecule has 0 bridgehead atoms. The van der Waals surface area contributed by atoms with E-state index < -0.39 is 17.8 Å². The first-order valence-corrected chi connectivity index (χ1v) is 10.3. The molecule has 2 aromatic carbocycles. The van der Waals surface area contributed by atoms with Crippen LogP contribution in [0.5, 0.6) is 5.75 Å². The lowest BCUT2D eigenvalue weighted by Crippen LogP contribution is -2.35. The fraction of sp³-hybridized carbons (Fsp3) is 0.304. The van der Waals surface area contributed by atoms with Crippen LogP contribution in [0.15, 0.2) is 67.3 Å². The first kappa shape index (κ1) is 23.2. The number of halogens is 3. The van der Waals surface area contributed by atoms with Gasteiger partial charge in [-0.05, 0) is 37.6 Å². The van der Waals surface area contributed by atoms with E-state index in [1.54, 1.807) is 17.4 Å². The van der Waals surface area contributed by atoms with Crippen LogP contribution in [-0.4, -0.2) is 33.6 Å². The van der Waals surface area contributed by atoms with Crippen molar-refractivity contribution in [1.29, 1.82) is 0 Å². The minimum absolute atomic E-state index is 0.0857. The molecule has 0 aliphatic carbocycles. The minimum Gasteiger partial charge on any atom is -0.494 e. The van der Waals surface area contributed by atoms with Crippen molar-refractivity contribution in [2.75, 3.05) is 18.5 Å². The Morgan fingerprint density at radius 3 is 2.72 bits per heavy atom. The molecule has 0 aliphatic rings. The number of anilines is 1. The van der Waals surface area contributed by atoms with E-state index in [4.69, 9.17) is 4.74 Å². The first-order chi connectivity index (χ1) is 15.4. The summed E-state index contributed by atoms with van der Waals surface area (Å²) in [6.45, 7) is 3.66. The summed E-state index contributed by atoms with van der Waals surface area (Å²) in [5.41, 5.74) is 0.0855. The number of amides is 2. The van der Waals surface area contributed by atoms with E-state index in [0.717, 1.165) is 17.7 Å². The van der Waals surface area contributed by atoms with Gasteiger partial charge in [-0.1, -0.05) is 24.3 Å². The maximum Gasteiger partial charge on any atom is 0.416 e. The second-order valence-electron chi connectivity index (χ2n) is 7.13. The number of rotatable bonds is 9. The van der Waals surface area contributed by atoms with Gasteiger partial charge in [-0.2, -0.15) is 13.2 Å². The lowest BCUT2D eigenvalue weighted by atomic mass is 10.1. The van der Waals surface area contributed by atoms with Crippen molar-refractivity contribution in [3.63, 3.8) is 0 Å². The van der Waals surface area contributed by atoms with Gasteiger partial charge in [0.25, 0.3) is 0 Å². The highest BCUT2D eigenvalue weighted by Gasteiger charge is 2.30. The number of alkyl halides is 3. The van der Waals surface area contributed by atoms with Crippen LogP contribution in [0.2, 0.25) is 0 Å². The van der Waals surface area contributed by atoms with Crippen molar-refractivity contribution in [2.45, 2.75) is 32.6 Å². The quantitative estimate of drug-likeness (QED) is 0.477. The van der Waals surface area contributed by atoms with Gasteiger partial charge in [0, 0.05) is 36.7 Å². The SMILES string of the molecule is CCOc1ccccc1CN(CCCn1ccnc1)C(=O)Nc1cccc(C(F)(F)F)c1. The smallest absolute Gasteiger partial charge is 0.416 e. The first-order valence-electron chi connectivity index (χ1n) is 10.3. The predicted octanol–water partition coefficient (Wildman–Crippen LogP) is 5.43. The molecule has 0 radical (unpaired) electrons. The van der Waals surface area contributed by atoms with Crippen LogP contribution in [0, 0.1) is 0 Å². The van der Waals surface area contributed by atoms with Gasteiger partial charge in [0.1, 0.15) is 5.75 Å². The van der Waals surface area contributed by atoms with E-state index in [1.807, 2.05) is 42.0 Å². The average molecular weight is 446 g/mol. The molecule has 32 heavy (non-hydrogen) atoms. The summed E-state index contributed by atoms with van der Waals surface area (Å²) in [4.78, 5) is 18.6. The maximum atomic E-state index is 13.0. The third-order valence-electron chi connectivity index (χ3n) is 4.77. The van der Waals surface area contributed by atoms with Gasteiger partial charge in [-0.15, -0.1) is 0 Å². The Morgan fingerprint density at radius 2 is 2.00 bits per heavy atom. The minimum atomic E-state index is -4.48. The van der Waals surface area contributed by atoms with Gasteiger partial charge in [-0.25, -0.2) is 9.78 Å². The molecule has 0 spiro atoms. The zero-order chi connectivity index (χ0) is 23.0. The Hall–Kier alpha value is -3.49. The van der Waals surface area contributed by atoms with Crippen LogP contribution in [0.25, 0.3) is 0 Å². The number of para-hydroxylation sites is 1. The third-order valence-corrected chi connectivity index (χ3v) is 4.77. The fourth-order valence-corrected chi connectivity index (χ4v) is 3.23. The molecule has 0 unspecified atom stereocenters. The molecule has 3 aromatic rings. The number of carbonyl (C=O) groups excluding carboxylic acids is 1. The number of benzene rings is 2. The predicted molar refractivity (Wildman–Crippen MR) is 115 cm³/mol. The number of nitrogens with zero attached hydrogens (tertiary/aromatic N) is 3. The molecule has 0 saturated carbocycles. The van der Waals surface area contributed by atoms with Crippen molar-refractivity contribution in [1.82, 2.24) is 14.5 Å². The molecule has 3 rings (SSSR count). The van der Waals surface area contributed by atoms with Crippen LogP contribution >= 0.6 is 0 Å². The Balaban J connectivity index is 1.75. The standard InChI is InChI=1S/C23H25F3N4O2/c1-2-32-21-10-4-3-7-18(21)16-30(13-6-12-29-14-11-27-17-29)22(31)28-20-9-5-8-19(15-20)23(24,25)26/h3-5,7-11,14-15,17H,2,6,12-13,16H2,1H3,(H,28,31). The maximum absolute atomic E-state index is 13.0. The Labute approximate surface area is 184 Å². The van der Waals surface area contributed by atoms with Gasteiger partial charge in [0.05, 0.1) is 25.0 Å². The lowest BCUT2D eigenvalue weighted by Gasteiger charge is -2.24. The number of hydrogen-bond donors (Lipinski definition) is 1. The molecule has 0 atom stereocenters. The zero-order valence-electron chi connectivity index (χ0n) is 17.7. The van der Waals surface area contributed by atoms with Gasteiger partial charge in [0.15, 0.2) is 0 Å². The van der Waals surface area contributed by atoms with Gasteiger partial charge in [-0.3, -0.25) is 0 Å². The van der Waals surface area contributed by atoms with E-state index in [0.29, 0.717) is 31.9 Å². The summed E-state index contributed by atoms with van der Waals surface area (Å²) in [5.74, 6) is 0.668. The Kier molecular flexibility index (Phi) is 7.75.